The van der Waals surface area contributed by atoms with Crippen molar-refractivity contribution in [1.82, 2.24) is 5.32 Å². The Morgan fingerprint density at radius 2 is 1.66 bits per heavy atom. The average molecular weight is 414 g/mol. The lowest BCUT2D eigenvalue weighted by atomic mass is 9.98. The van der Waals surface area contributed by atoms with E-state index >= 15 is 0 Å². The van der Waals surface area contributed by atoms with E-state index in [1.165, 1.54) is 6.07 Å². The molecule has 8 heteroatoms. The molecule has 1 aliphatic rings. The van der Waals surface area contributed by atoms with Crippen molar-refractivity contribution >= 4 is 33.1 Å². The fourth-order valence-corrected chi connectivity index (χ4v) is 4.87. The number of sulfone groups is 1. The minimum absolute atomic E-state index is 0.0155. The highest BCUT2D eigenvalue weighted by molar-refractivity contribution is 7.97. The van der Waals surface area contributed by atoms with Crippen LogP contribution in [0.3, 0.4) is 0 Å². The molecule has 0 aromatic heterocycles. The van der Waals surface area contributed by atoms with Crippen LogP contribution in [0.15, 0.2) is 64.4 Å². The molecule has 0 saturated carbocycles. The molecule has 0 fully saturated rings. The van der Waals surface area contributed by atoms with E-state index in [1.54, 1.807) is 55.5 Å². The van der Waals surface area contributed by atoms with Gasteiger partial charge in [0, 0.05) is 11.3 Å². The zero-order valence-corrected chi connectivity index (χ0v) is 16.9. The molecule has 3 N–H and O–H groups in total. The Labute approximate surface area is 169 Å². The molecule has 3 rings (SSSR count). The van der Waals surface area contributed by atoms with Gasteiger partial charge in [0.2, 0.25) is 9.84 Å². The quantitative estimate of drug-likeness (QED) is 0.642. The maximum absolute atomic E-state index is 13.1. The second-order valence-electron chi connectivity index (χ2n) is 6.87. The van der Waals surface area contributed by atoms with Gasteiger partial charge in [-0.25, -0.2) is 13.2 Å². The van der Waals surface area contributed by atoms with Crippen LogP contribution in [-0.4, -0.2) is 31.4 Å². The van der Waals surface area contributed by atoms with Gasteiger partial charge in [-0.15, -0.1) is 0 Å². The van der Waals surface area contributed by atoms with E-state index in [1.807, 2.05) is 6.92 Å². The lowest BCUT2D eigenvalue weighted by molar-refractivity contribution is -0.140. The van der Waals surface area contributed by atoms with E-state index in [0.29, 0.717) is 17.7 Å². The van der Waals surface area contributed by atoms with Gasteiger partial charge < -0.3 is 15.7 Å². The lowest BCUT2D eigenvalue weighted by Crippen LogP contribution is -2.41. The topological polar surface area (TPSA) is 113 Å². The van der Waals surface area contributed by atoms with E-state index in [-0.39, 0.29) is 16.5 Å². The highest BCUT2D eigenvalue weighted by Gasteiger charge is 2.41. The van der Waals surface area contributed by atoms with E-state index in [4.69, 9.17) is 0 Å². The monoisotopic (exact) mass is 414 g/mol. The van der Waals surface area contributed by atoms with Gasteiger partial charge in [0.15, 0.2) is 4.91 Å². The normalized spacial score (nSPS) is 16.6. The fourth-order valence-electron chi connectivity index (χ4n) is 3.20. The second kappa shape index (κ2) is 8.08. The number of fused-ring (bicyclic) bond motifs is 1. The summed E-state index contributed by atoms with van der Waals surface area (Å²) in [6, 6.07) is 13.6. The lowest BCUT2D eigenvalue weighted by Gasteiger charge is -2.22. The van der Waals surface area contributed by atoms with Crippen molar-refractivity contribution in [2.45, 2.75) is 31.2 Å². The third-order valence-corrected chi connectivity index (χ3v) is 6.82. The number of hydrogen-bond acceptors (Lipinski definition) is 5. The first-order valence-corrected chi connectivity index (χ1v) is 10.7. The van der Waals surface area contributed by atoms with Gasteiger partial charge in [0.25, 0.3) is 5.91 Å². The summed E-state index contributed by atoms with van der Waals surface area (Å²) in [6.45, 7) is 3.60. The third kappa shape index (κ3) is 3.88. The zero-order chi connectivity index (χ0) is 21.2. The number of carboxylic acids is 1. The van der Waals surface area contributed by atoms with Crippen molar-refractivity contribution in [2.24, 2.45) is 5.92 Å². The fraction of sp³-hybridized carbons (Fsp3) is 0.238. The van der Waals surface area contributed by atoms with E-state index in [0.717, 1.165) is 0 Å². The molecule has 0 aliphatic carbocycles. The molecule has 2 atom stereocenters. The molecule has 1 aliphatic heterocycles. The van der Waals surface area contributed by atoms with Crippen LogP contribution < -0.4 is 10.6 Å². The third-order valence-electron chi connectivity index (χ3n) is 4.96. The summed E-state index contributed by atoms with van der Waals surface area (Å²) in [5, 5.41) is 15.1. The van der Waals surface area contributed by atoms with Crippen LogP contribution in [0.25, 0.3) is 5.70 Å². The predicted molar refractivity (Wildman–Crippen MR) is 110 cm³/mol. The molecule has 0 spiro atoms. The number of rotatable bonds is 7. The number of hydrogen-bond donors (Lipinski definition) is 3. The van der Waals surface area contributed by atoms with Crippen LogP contribution in [0.2, 0.25) is 0 Å². The van der Waals surface area contributed by atoms with Crippen LogP contribution in [0.5, 0.6) is 0 Å². The van der Waals surface area contributed by atoms with Gasteiger partial charge in [0.1, 0.15) is 6.04 Å². The maximum atomic E-state index is 13.1. The maximum Gasteiger partial charge on any atom is 0.326 e. The first kappa shape index (κ1) is 20.6. The summed E-state index contributed by atoms with van der Waals surface area (Å²) in [4.78, 5) is 24.3. The van der Waals surface area contributed by atoms with Crippen molar-refractivity contribution in [3.05, 3.63) is 65.1 Å². The van der Waals surface area contributed by atoms with Gasteiger partial charge in [-0.3, -0.25) is 4.79 Å². The number of benzene rings is 2. The highest BCUT2D eigenvalue weighted by Crippen LogP contribution is 2.38. The minimum Gasteiger partial charge on any atom is -0.480 e. The summed E-state index contributed by atoms with van der Waals surface area (Å²) in [5.41, 5.74) is 0.745. The van der Waals surface area contributed by atoms with Gasteiger partial charge in [-0.1, -0.05) is 56.7 Å². The Morgan fingerprint density at radius 3 is 2.28 bits per heavy atom. The van der Waals surface area contributed by atoms with Crippen LogP contribution >= 0.6 is 0 Å². The Hall–Kier alpha value is -3.13. The number of carbonyl (C=O) groups is 2. The molecule has 152 valence electrons. The first-order chi connectivity index (χ1) is 13.8. The van der Waals surface area contributed by atoms with Crippen molar-refractivity contribution in [3.8, 4) is 0 Å². The van der Waals surface area contributed by atoms with E-state index in [9.17, 15) is 23.1 Å². The van der Waals surface area contributed by atoms with Gasteiger partial charge in [-0.2, -0.15) is 0 Å². The second-order valence-corrected chi connectivity index (χ2v) is 8.72. The van der Waals surface area contributed by atoms with E-state index in [2.05, 4.69) is 10.6 Å². The summed E-state index contributed by atoms with van der Waals surface area (Å²) >= 11 is 0. The zero-order valence-electron chi connectivity index (χ0n) is 16.0. The Kier molecular flexibility index (Phi) is 5.74. The molecular formula is C21H22N2O5S. The van der Waals surface area contributed by atoms with Crippen molar-refractivity contribution < 1.29 is 23.1 Å². The molecule has 0 unspecified atom stereocenters. The van der Waals surface area contributed by atoms with Crippen LogP contribution in [-0.2, 0) is 19.4 Å². The standard InChI is InChI=1S/C21H22N2O5S/c1-3-13(2)17(21(25)26)23-18-15-11-7-8-12-16(15)29(27,28)19(18)20(24)22-14-9-5-4-6-10-14/h4-13,17,23H,3H2,1-2H3,(H,22,24)(H,25,26)/t13-,17-/m0/s1. The van der Waals surface area contributed by atoms with Crippen molar-refractivity contribution in [1.29, 1.82) is 0 Å². The SMILES string of the molecule is CC[C@H](C)[C@H](NC1=C(C(=O)Nc2ccccc2)S(=O)(=O)c2ccccc21)C(=O)O. The molecule has 0 radical (unpaired) electrons. The summed E-state index contributed by atoms with van der Waals surface area (Å²) in [6.07, 6.45) is 0.567. The summed E-state index contributed by atoms with van der Waals surface area (Å²) in [5.74, 6) is -2.21. The smallest absolute Gasteiger partial charge is 0.326 e. The Balaban J connectivity index is 2.12. The number of para-hydroxylation sites is 1. The highest BCUT2D eigenvalue weighted by atomic mass is 32.2. The summed E-state index contributed by atoms with van der Waals surface area (Å²) < 4.78 is 26.2. The Morgan fingerprint density at radius 1 is 1.03 bits per heavy atom. The Bertz CT molecular complexity index is 1080. The number of anilines is 1. The number of amides is 1. The van der Waals surface area contributed by atoms with E-state index < -0.39 is 32.7 Å². The summed E-state index contributed by atoms with van der Waals surface area (Å²) in [7, 11) is -4.11. The first-order valence-electron chi connectivity index (χ1n) is 9.21. The number of nitrogens with one attached hydrogen (secondary N) is 2. The van der Waals surface area contributed by atoms with Gasteiger partial charge in [0.05, 0.1) is 10.6 Å². The van der Waals surface area contributed by atoms with Crippen LogP contribution in [0.4, 0.5) is 5.69 Å². The number of carbonyl (C=O) groups excluding carboxylic acids is 1. The number of aliphatic carboxylic acids is 1. The molecular weight excluding hydrogens is 392 g/mol. The molecule has 1 amide bonds. The molecule has 2 aromatic rings. The van der Waals surface area contributed by atoms with Gasteiger partial charge >= 0.3 is 5.97 Å². The largest absolute Gasteiger partial charge is 0.480 e. The molecule has 7 nitrogen and oxygen atoms in total. The van der Waals surface area contributed by atoms with Crippen molar-refractivity contribution in [2.75, 3.05) is 5.32 Å². The molecule has 0 saturated heterocycles. The molecule has 1 heterocycles. The molecule has 29 heavy (non-hydrogen) atoms. The molecule has 0 bridgehead atoms. The average Bonchev–Trinajstić information content (AvgIpc) is 2.93. The van der Waals surface area contributed by atoms with Gasteiger partial charge in [-0.05, 0) is 24.1 Å². The van der Waals surface area contributed by atoms with Crippen LogP contribution in [0, 0.1) is 5.92 Å². The van der Waals surface area contributed by atoms with Crippen LogP contribution in [0.1, 0.15) is 25.8 Å². The van der Waals surface area contributed by atoms with Crippen molar-refractivity contribution in [3.63, 3.8) is 0 Å². The molecule has 2 aromatic carbocycles. The predicted octanol–water partition coefficient (Wildman–Crippen LogP) is 2.87. The minimum atomic E-state index is -4.11. The number of carboxylic acid groups (broad SMARTS) is 1.